The van der Waals surface area contributed by atoms with Gasteiger partial charge < -0.3 is 4.74 Å². The summed E-state index contributed by atoms with van der Waals surface area (Å²) in [7, 11) is -3.87. The molecule has 0 aliphatic carbocycles. The Morgan fingerprint density at radius 1 is 1.12 bits per heavy atom. The van der Waals surface area contributed by atoms with Crippen LogP contribution in [0.15, 0.2) is 47.4 Å². The van der Waals surface area contributed by atoms with Crippen molar-refractivity contribution in [3.63, 3.8) is 0 Å². The standard InChI is InChI=1S/C17H16Cl2O4S/c1-2-23-16(20)11-24(21,22)15-8-4-6-13(17(15)19)9-12-5-3-7-14(18)10-12/h3-8,10H,2,9,11H2,1H3. The van der Waals surface area contributed by atoms with E-state index in [2.05, 4.69) is 0 Å². The van der Waals surface area contributed by atoms with Crippen molar-refractivity contribution in [1.29, 1.82) is 0 Å². The Morgan fingerprint density at radius 2 is 1.83 bits per heavy atom. The zero-order chi connectivity index (χ0) is 17.7. The van der Waals surface area contributed by atoms with Crippen molar-refractivity contribution in [2.45, 2.75) is 18.2 Å². The van der Waals surface area contributed by atoms with Gasteiger partial charge in [0.15, 0.2) is 15.6 Å². The van der Waals surface area contributed by atoms with E-state index in [1.807, 2.05) is 12.1 Å². The fraction of sp³-hybridized carbons (Fsp3) is 0.235. The fourth-order valence-electron chi connectivity index (χ4n) is 2.24. The number of hydrogen-bond acceptors (Lipinski definition) is 4. The van der Waals surface area contributed by atoms with Gasteiger partial charge in [-0.2, -0.15) is 0 Å². The van der Waals surface area contributed by atoms with Crippen molar-refractivity contribution in [1.82, 2.24) is 0 Å². The Hall–Kier alpha value is -1.56. The number of rotatable bonds is 6. The molecule has 2 aromatic carbocycles. The minimum atomic E-state index is -3.87. The Morgan fingerprint density at radius 3 is 2.50 bits per heavy atom. The lowest BCUT2D eigenvalue weighted by Crippen LogP contribution is -2.19. The summed E-state index contributed by atoms with van der Waals surface area (Å²) in [5.74, 6) is -1.53. The number of esters is 1. The van der Waals surface area contributed by atoms with Gasteiger partial charge in [0.1, 0.15) is 0 Å². The lowest BCUT2D eigenvalue weighted by atomic mass is 10.1. The zero-order valence-corrected chi connectivity index (χ0v) is 15.3. The van der Waals surface area contributed by atoms with Crippen LogP contribution in [0.3, 0.4) is 0 Å². The average Bonchev–Trinajstić information content (AvgIpc) is 2.49. The van der Waals surface area contributed by atoms with Crippen LogP contribution in [0.2, 0.25) is 10.0 Å². The lowest BCUT2D eigenvalue weighted by molar-refractivity contribution is -0.139. The van der Waals surface area contributed by atoms with Crippen molar-refractivity contribution in [3.05, 3.63) is 63.6 Å². The second kappa shape index (κ2) is 8.01. The second-order valence-electron chi connectivity index (χ2n) is 5.10. The summed E-state index contributed by atoms with van der Waals surface area (Å²) in [6, 6.07) is 12.0. The Labute approximate surface area is 151 Å². The predicted octanol–water partition coefficient (Wildman–Crippen LogP) is 3.92. The van der Waals surface area contributed by atoms with E-state index in [-0.39, 0.29) is 16.5 Å². The van der Waals surface area contributed by atoms with E-state index in [9.17, 15) is 13.2 Å². The van der Waals surface area contributed by atoms with Crippen molar-refractivity contribution in [2.24, 2.45) is 0 Å². The number of benzene rings is 2. The summed E-state index contributed by atoms with van der Waals surface area (Å²) in [6.07, 6.45) is 0.433. The monoisotopic (exact) mass is 386 g/mol. The number of sulfone groups is 1. The van der Waals surface area contributed by atoms with Gasteiger partial charge in [0.2, 0.25) is 0 Å². The van der Waals surface area contributed by atoms with E-state index >= 15 is 0 Å². The van der Waals surface area contributed by atoms with Crippen LogP contribution >= 0.6 is 23.2 Å². The van der Waals surface area contributed by atoms with Gasteiger partial charge in [0.05, 0.1) is 16.5 Å². The van der Waals surface area contributed by atoms with Crippen LogP contribution in [0.4, 0.5) is 0 Å². The zero-order valence-electron chi connectivity index (χ0n) is 13.0. The van der Waals surface area contributed by atoms with Gasteiger partial charge in [-0.25, -0.2) is 8.42 Å². The number of carbonyl (C=O) groups excluding carboxylic acids is 1. The van der Waals surface area contributed by atoms with E-state index < -0.39 is 21.6 Å². The van der Waals surface area contributed by atoms with E-state index in [0.717, 1.165) is 5.56 Å². The third-order valence-electron chi connectivity index (χ3n) is 3.28. The molecule has 0 atom stereocenters. The lowest BCUT2D eigenvalue weighted by Gasteiger charge is -2.11. The molecule has 0 bridgehead atoms. The maximum Gasteiger partial charge on any atom is 0.321 e. The molecule has 0 unspecified atom stereocenters. The number of halogens is 2. The van der Waals surface area contributed by atoms with Crippen LogP contribution in [-0.4, -0.2) is 26.7 Å². The van der Waals surface area contributed by atoms with Crippen LogP contribution < -0.4 is 0 Å². The minimum Gasteiger partial charge on any atom is -0.465 e. The number of carbonyl (C=O) groups is 1. The molecule has 7 heteroatoms. The van der Waals surface area contributed by atoms with Crippen molar-refractivity contribution in [3.8, 4) is 0 Å². The molecule has 2 rings (SSSR count). The molecule has 0 saturated carbocycles. The average molecular weight is 387 g/mol. The molecule has 0 spiro atoms. The Kier molecular flexibility index (Phi) is 6.27. The first-order valence-electron chi connectivity index (χ1n) is 7.23. The highest BCUT2D eigenvalue weighted by atomic mass is 35.5. The Balaban J connectivity index is 2.32. The molecule has 0 radical (unpaired) electrons. The third-order valence-corrected chi connectivity index (χ3v) is 5.69. The first-order chi connectivity index (χ1) is 11.3. The highest BCUT2D eigenvalue weighted by Crippen LogP contribution is 2.28. The molecule has 0 heterocycles. The summed E-state index contributed by atoms with van der Waals surface area (Å²) < 4.78 is 29.5. The first kappa shape index (κ1) is 18.8. The van der Waals surface area contributed by atoms with Gasteiger partial charge in [-0.15, -0.1) is 0 Å². The topological polar surface area (TPSA) is 60.4 Å². The highest BCUT2D eigenvalue weighted by molar-refractivity contribution is 7.92. The largest absolute Gasteiger partial charge is 0.465 e. The number of hydrogen-bond donors (Lipinski definition) is 0. The molecule has 0 fully saturated rings. The molecule has 0 amide bonds. The SMILES string of the molecule is CCOC(=O)CS(=O)(=O)c1cccc(Cc2cccc(Cl)c2)c1Cl. The molecule has 0 aliphatic rings. The fourth-order valence-corrected chi connectivity index (χ4v) is 4.23. The number of ether oxygens (including phenoxy) is 1. The summed E-state index contributed by atoms with van der Waals surface area (Å²) in [6.45, 7) is 1.74. The molecule has 4 nitrogen and oxygen atoms in total. The molecule has 0 aliphatic heterocycles. The van der Waals surface area contributed by atoms with Crippen molar-refractivity contribution >= 4 is 39.0 Å². The van der Waals surface area contributed by atoms with E-state index in [1.54, 1.807) is 31.2 Å². The molecule has 128 valence electrons. The van der Waals surface area contributed by atoms with Gasteiger partial charge in [0.25, 0.3) is 0 Å². The van der Waals surface area contributed by atoms with Gasteiger partial charge >= 0.3 is 5.97 Å². The maximum atomic E-state index is 12.4. The smallest absolute Gasteiger partial charge is 0.321 e. The van der Waals surface area contributed by atoms with E-state index in [4.69, 9.17) is 27.9 Å². The maximum absolute atomic E-state index is 12.4. The van der Waals surface area contributed by atoms with Gasteiger partial charge in [0, 0.05) is 5.02 Å². The van der Waals surface area contributed by atoms with Crippen LogP contribution in [0.25, 0.3) is 0 Å². The molecule has 2 aromatic rings. The molecular weight excluding hydrogens is 371 g/mol. The molecule has 0 N–H and O–H groups in total. The van der Waals surface area contributed by atoms with E-state index in [1.165, 1.54) is 6.07 Å². The summed E-state index contributed by atoms with van der Waals surface area (Å²) >= 11 is 12.2. The quantitative estimate of drug-likeness (QED) is 0.705. The van der Waals surface area contributed by atoms with Gasteiger partial charge in [-0.05, 0) is 42.7 Å². The van der Waals surface area contributed by atoms with Crippen LogP contribution in [0, 0.1) is 0 Å². The summed E-state index contributed by atoms with van der Waals surface area (Å²) in [5.41, 5.74) is 1.55. The van der Waals surface area contributed by atoms with Crippen LogP contribution in [0.1, 0.15) is 18.1 Å². The van der Waals surface area contributed by atoms with E-state index in [0.29, 0.717) is 17.0 Å². The first-order valence-corrected chi connectivity index (χ1v) is 9.64. The highest BCUT2D eigenvalue weighted by Gasteiger charge is 2.24. The Bertz CT molecular complexity index is 847. The third kappa shape index (κ3) is 4.72. The summed E-state index contributed by atoms with van der Waals surface area (Å²) in [5, 5.41) is 0.705. The van der Waals surface area contributed by atoms with Crippen LogP contribution in [0.5, 0.6) is 0 Å². The summed E-state index contributed by atoms with van der Waals surface area (Å²) in [4.78, 5) is 11.4. The molecular formula is C17H16Cl2O4S. The minimum absolute atomic E-state index is 0.0725. The molecule has 0 aromatic heterocycles. The van der Waals surface area contributed by atoms with Gasteiger partial charge in [-0.3, -0.25) is 4.79 Å². The second-order valence-corrected chi connectivity index (χ2v) is 7.87. The van der Waals surface area contributed by atoms with Crippen molar-refractivity contribution in [2.75, 3.05) is 12.4 Å². The van der Waals surface area contributed by atoms with Crippen molar-refractivity contribution < 1.29 is 17.9 Å². The predicted molar refractivity (Wildman–Crippen MR) is 94.4 cm³/mol. The van der Waals surface area contributed by atoms with Crippen LogP contribution in [-0.2, 0) is 25.8 Å². The molecule has 0 saturated heterocycles. The molecule has 24 heavy (non-hydrogen) atoms. The van der Waals surface area contributed by atoms with Gasteiger partial charge in [-0.1, -0.05) is 47.5 Å². The normalized spacial score (nSPS) is 11.3.